The van der Waals surface area contributed by atoms with E-state index in [9.17, 15) is 9.59 Å². The first-order valence-corrected chi connectivity index (χ1v) is 9.46. The minimum absolute atomic E-state index is 0.558. The van der Waals surface area contributed by atoms with Crippen molar-refractivity contribution in [2.24, 2.45) is 0 Å². The second-order valence-electron chi connectivity index (χ2n) is 6.51. The number of likely N-dealkylation sites (tertiary alicyclic amines) is 1. The van der Waals surface area contributed by atoms with Crippen LogP contribution in [-0.4, -0.2) is 52.2 Å². The van der Waals surface area contributed by atoms with Crippen molar-refractivity contribution in [1.29, 1.82) is 0 Å². The maximum absolute atomic E-state index is 9.55. The molecular weight excluding hydrogens is 392 g/mol. The Bertz CT molecular complexity index is 867. The van der Waals surface area contributed by atoms with Gasteiger partial charge < -0.3 is 15.1 Å². The van der Waals surface area contributed by atoms with Crippen LogP contribution in [-0.2, 0) is 9.59 Å². The van der Waals surface area contributed by atoms with Crippen LogP contribution >= 0.6 is 11.6 Å². The molecule has 0 bridgehead atoms. The van der Waals surface area contributed by atoms with Gasteiger partial charge in [0.15, 0.2) is 0 Å². The Balaban J connectivity index is 0.000000321. The molecular formula is C22H23ClN2O4. The predicted octanol–water partition coefficient (Wildman–Crippen LogP) is 3.97. The highest BCUT2D eigenvalue weighted by atomic mass is 35.5. The highest BCUT2D eigenvalue weighted by molar-refractivity contribution is 6.30. The first-order chi connectivity index (χ1) is 13.9. The van der Waals surface area contributed by atoms with Crippen molar-refractivity contribution in [2.45, 2.75) is 12.8 Å². The Morgan fingerprint density at radius 2 is 1.59 bits per heavy atom. The fourth-order valence-electron chi connectivity index (χ4n) is 2.94. The molecule has 152 valence electrons. The lowest BCUT2D eigenvalue weighted by molar-refractivity contribution is -0.134. The SMILES string of the molecule is CN1CCC(=C(c2ccc(Cl)cc2)c2ccccn2)CC1.O=C(O)/C=C/C(=O)O. The molecule has 3 rings (SSSR count). The van der Waals surface area contributed by atoms with Crippen molar-refractivity contribution < 1.29 is 19.8 Å². The van der Waals surface area contributed by atoms with Gasteiger partial charge in [-0.05, 0) is 49.7 Å². The average molecular weight is 415 g/mol. The van der Waals surface area contributed by atoms with Gasteiger partial charge in [0.1, 0.15) is 0 Å². The largest absolute Gasteiger partial charge is 0.478 e. The van der Waals surface area contributed by atoms with E-state index in [1.807, 2.05) is 30.5 Å². The van der Waals surface area contributed by atoms with E-state index >= 15 is 0 Å². The van der Waals surface area contributed by atoms with E-state index in [2.05, 4.69) is 35.1 Å². The summed E-state index contributed by atoms with van der Waals surface area (Å²) in [5.41, 5.74) is 5.03. The summed E-state index contributed by atoms with van der Waals surface area (Å²) in [5, 5.41) is 16.4. The van der Waals surface area contributed by atoms with Crippen molar-refractivity contribution in [3.8, 4) is 0 Å². The Kier molecular flexibility index (Phi) is 8.58. The fraction of sp³-hybridized carbons (Fsp3) is 0.227. The minimum Gasteiger partial charge on any atom is -0.478 e. The second-order valence-corrected chi connectivity index (χ2v) is 6.95. The zero-order chi connectivity index (χ0) is 21.2. The lowest BCUT2D eigenvalue weighted by Crippen LogP contribution is -2.27. The highest BCUT2D eigenvalue weighted by Gasteiger charge is 2.17. The van der Waals surface area contributed by atoms with Gasteiger partial charge in [0.2, 0.25) is 0 Å². The Hall–Kier alpha value is -2.96. The van der Waals surface area contributed by atoms with Crippen molar-refractivity contribution in [3.63, 3.8) is 0 Å². The molecule has 0 radical (unpaired) electrons. The molecule has 1 aromatic heterocycles. The Labute approximate surface area is 174 Å². The summed E-state index contributed by atoms with van der Waals surface area (Å²) < 4.78 is 0. The van der Waals surface area contributed by atoms with Crippen LogP contribution in [0.4, 0.5) is 0 Å². The van der Waals surface area contributed by atoms with Crippen LogP contribution < -0.4 is 0 Å². The standard InChI is InChI=1S/C18H19ClN2.C4H4O4/c1-21-12-9-15(10-13-21)18(17-4-2-3-11-20-17)14-5-7-16(19)8-6-14;5-3(6)1-2-4(7)8/h2-8,11H,9-10,12-13H2,1H3;1-2H,(H,5,6)(H,7,8)/b;2-1+. The number of hydrogen-bond donors (Lipinski definition) is 2. The topological polar surface area (TPSA) is 90.7 Å². The molecule has 0 aliphatic carbocycles. The molecule has 2 aromatic rings. The zero-order valence-electron chi connectivity index (χ0n) is 16.1. The van der Waals surface area contributed by atoms with Crippen LogP contribution in [0, 0.1) is 0 Å². The van der Waals surface area contributed by atoms with Crippen LogP contribution in [0.5, 0.6) is 0 Å². The normalized spacial score (nSPS) is 14.2. The van der Waals surface area contributed by atoms with E-state index in [0.717, 1.165) is 36.6 Å². The molecule has 0 spiro atoms. The van der Waals surface area contributed by atoms with Crippen molar-refractivity contribution in [3.05, 3.63) is 82.7 Å². The van der Waals surface area contributed by atoms with Gasteiger partial charge in [0.25, 0.3) is 0 Å². The molecule has 1 saturated heterocycles. The van der Waals surface area contributed by atoms with E-state index in [-0.39, 0.29) is 0 Å². The van der Waals surface area contributed by atoms with Gasteiger partial charge in [-0.25, -0.2) is 9.59 Å². The van der Waals surface area contributed by atoms with Crippen LogP contribution in [0.15, 0.2) is 66.4 Å². The first kappa shape index (κ1) is 22.3. The van der Waals surface area contributed by atoms with E-state index < -0.39 is 11.9 Å². The van der Waals surface area contributed by atoms with Gasteiger partial charge in [0.05, 0.1) is 5.69 Å². The molecule has 1 aromatic carbocycles. The van der Waals surface area contributed by atoms with Crippen molar-refractivity contribution >= 4 is 29.1 Å². The average Bonchev–Trinajstić information content (AvgIpc) is 2.71. The van der Waals surface area contributed by atoms with Crippen molar-refractivity contribution in [1.82, 2.24) is 9.88 Å². The third kappa shape index (κ3) is 7.52. The van der Waals surface area contributed by atoms with Gasteiger partial charge in [-0.3, -0.25) is 4.98 Å². The van der Waals surface area contributed by atoms with Crippen LogP contribution in [0.25, 0.3) is 5.57 Å². The zero-order valence-corrected chi connectivity index (χ0v) is 16.8. The van der Waals surface area contributed by atoms with E-state index in [4.69, 9.17) is 21.8 Å². The van der Waals surface area contributed by atoms with Crippen LogP contribution in [0.3, 0.4) is 0 Å². The number of benzene rings is 1. The minimum atomic E-state index is -1.26. The predicted molar refractivity (Wildman–Crippen MR) is 113 cm³/mol. The molecule has 2 heterocycles. The molecule has 29 heavy (non-hydrogen) atoms. The summed E-state index contributed by atoms with van der Waals surface area (Å²) in [7, 11) is 2.18. The molecule has 7 heteroatoms. The molecule has 0 saturated carbocycles. The van der Waals surface area contributed by atoms with Crippen molar-refractivity contribution in [2.75, 3.05) is 20.1 Å². The first-order valence-electron chi connectivity index (χ1n) is 9.08. The molecule has 0 atom stereocenters. The number of hydrogen-bond acceptors (Lipinski definition) is 4. The van der Waals surface area contributed by atoms with E-state index in [1.54, 1.807) is 0 Å². The number of aliphatic carboxylic acids is 2. The summed E-state index contributed by atoms with van der Waals surface area (Å²) in [5.74, 6) is -2.51. The number of aromatic nitrogens is 1. The molecule has 1 fully saturated rings. The number of carboxylic acids is 2. The van der Waals surface area contributed by atoms with Crippen LogP contribution in [0.2, 0.25) is 5.02 Å². The lowest BCUT2D eigenvalue weighted by atomic mass is 9.91. The number of piperidine rings is 1. The van der Waals surface area contributed by atoms with E-state index in [0.29, 0.717) is 12.2 Å². The third-order valence-electron chi connectivity index (χ3n) is 4.37. The number of carboxylic acid groups (broad SMARTS) is 2. The molecule has 0 unspecified atom stereocenters. The summed E-state index contributed by atoms with van der Waals surface area (Å²) in [6, 6.07) is 14.2. The van der Waals surface area contributed by atoms with E-state index in [1.165, 1.54) is 16.7 Å². The molecule has 1 aliphatic rings. The molecule has 1 aliphatic heterocycles. The number of nitrogens with zero attached hydrogens (tertiary/aromatic N) is 2. The summed E-state index contributed by atoms with van der Waals surface area (Å²) in [4.78, 5) is 26.1. The van der Waals surface area contributed by atoms with Crippen LogP contribution in [0.1, 0.15) is 24.1 Å². The Morgan fingerprint density at radius 3 is 2.07 bits per heavy atom. The summed E-state index contributed by atoms with van der Waals surface area (Å²) >= 11 is 6.03. The molecule has 2 N–H and O–H groups in total. The maximum atomic E-state index is 9.55. The second kappa shape index (κ2) is 11.1. The van der Waals surface area contributed by atoms with Gasteiger partial charge in [0, 0.05) is 42.0 Å². The molecule has 0 amide bonds. The number of rotatable bonds is 4. The van der Waals surface area contributed by atoms with Gasteiger partial charge in [-0.1, -0.05) is 35.4 Å². The fourth-order valence-corrected chi connectivity index (χ4v) is 3.07. The quantitative estimate of drug-likeness (QED) is 0.735. The monoisotopic (exact) mass is 414 g/mol. The van der Waals surface area contributed by atoms with Gasteiger partial charge in [-0.15, -0.1) is 0 Å². The number of pyridine rings is 1. The smallest absolute Gasteiger partial charge is 0.328 e. The van der Waals surface area contributed by atoms with Gasteiger partial charge >= 0.3 is 11.9 Å². The third-order valence-corrected chi connectivity index (χ3v) is 4.62. The maximum Gasteiger partial charge on any atom is 0.328 e. The number of halogens is 1. The molecule has 6 nitrogen and oxygen atoms in total. The summed E-state index contributed by atoms with van der Waals surface area (Å²) in [6.45, 7) is 2.22. The number of carbonyl (C=O) groups is 2. The van der Waals surface area contributed by atoms with Gasteiger partial charge in [-0.2, -0.15) is 0 Å². The highest BCUT2D eigenvalue weighted by Crippen LogP contribution is 2.31. The Morgan fingerprint density at radius 1 is 1.00 bits per heavy atom. The summed E-state index contributed by atoms with van der Waals surface area (Å²) in [6.07, 6.45) is 5.18. The lowest BCUT2D eigenvalue weighted by Gasteiger charge is -2.26.